The van der Waals surface area contributed by atoms with Crippen molar-refractivity contribution in [3.8, 4) is 11.4 Å². The first kappa shape index (κ1) is 27.5. The Morgan fingerprint density at radius 1 is 1.07 bits per heavy atom. The molecule has 0 unspecified atom stereocenters. The fourth-order valence-electron chi connectivity index (χ4n) is 4.48. The maximum Gasteiger partial charge on any atom is 0.341 e. The highest BCUT2D eigenvalue weighted by atomic mass is 32.2. The first-order chi connectivity index (χ1) is 19.1. The normalized spacial score (nSPS) is 17.8. The largest absolute Gasteiger partial charge is 0.372 e. The SMILES string of the molecule is C[C@@H]1CN(c2cccc(-c3ccc4cnc(CNC(=O)c5cncc(S(=O)(=O)C(F)F)c5)cc4n3)n2)C[C@H](C)O1.[HH]. The Labute approximate surface area is 230 Å². The number of hydrogen-bond donors (Lipinski definition) is 1. The molecule has 210 valence electrons. The summed E-state index contributed by atoms with van der Waals surface area (Å²) in [4.78, 5) is 31.6. The minimum Gasteiger partial charge on any atom is -0.372 e. The number of ether oxygens (including phenoxy) is 1. The molecule has 1 amide bonds. The van der Waals surface area contributed by atoms with E-state index in [1.54, 1.807) is 12.3 Å². The maximum absolute atomic E-state index is 12.9. The topological polar surface area (TPSA) is 127 Å². The van der Waals surface area contributed by atoms with E-state index in [0.29, 0.717) is 22.6 Å². The molecule has 2 atom stereocenters. The van der Waals surface area contributed by atoms with Crippen LogP contribution in [-0.4, -0.2) is 65.3 Å². The molecule has 5 rings (SSSR count). The van der Waals surface area contributed by atoms with Gasteiger partial charge in [0.05, 0.1) is 51.8 Å². The molecule has 40 heavy (non-hydrogen) atoms. The predicted octanol–water partition coefficient (Wildman–Crippen LogP) is 3.87. The lowest BCUT2D eigenvalue weighted by Crippen LogP contribution is -2.45. The molecule has 1 aliphatic rings. The molecular weight excluding hydrogens is 542 g/mol. The van der Waals surface area contributed by atoms with E-state index in [0.717, 1.165) is 42.8 Å². The van der Waals surface area contributed by atoms with Gasteiger partial charge in [-0.3, -0.25) is 14.8 Å². The molecule has 4 aromatic rings. The van der Waals surface area contributed by atoms with Crippen LogP contribution in [0.1, 0.15) is 31.3 Å². The van der Waals surface area contributed by atoms with E-state index in [2.05, 4.69) is 20.2 Å². The third kappa shape index (κ3) is 5.89. The van der Waals surface area contributed by atoms with Crippen molar-refractivity contribution in [1.82, 2.24) is 25.3 Å². The van der Waals surface area contributed by atoms with Gasteiger partial charge in [0.1, 0.15) is 5.82 Å². The van der Waals surface area contributed by atoms with Gasteiger partial charge >= 0.3 is 5.76 Å². The number of carbonyl (C=O) groups excluding carboxylic acids is 1. The zero-order chi connectivity index (χ0) is 28.4. The number of halogens is 2. The zero-order valence-electron chi connectivity index (χ0n) is 21.7. The number of nitrogens with one attached hydrogen (secondary N) is 1. The van der Waals surface area contributed by atoms with Crippen molar-refractivity contribution in [2.45, 2.75) is 43.3 Å². The lowest BCUT2D eigenvalue weighted by atomic mass is 10.1. The minimum absolute atomic E-state index is 0. The maximum atomic E-state index is 12.9. The standard InChI is InChI=1S/C27H26F2N6O4S.H2/c1-16-14-35(15-17(2)39-16)25-5-3-4-22(34-25)23-7-6-18-11-31-20(9-24(18)33-23)12-32-26(36)19-8-21(13-30-10-19)40(37,38)27(28)29;/h3-11,13,16-17,27H,12,14-15H2,1-2H3,(H,32,36);1H/t16-,17+;. The first-order valence-corrected chi connectivity index (χ1v) is 14.0. The van der Waals surface area contributed by atoms with E-state index in [1.165, 1.54) is 0 Å². The second-order valence-corrected chi connectivity index (χ2v) is 11.4. The van der Waals surface area contributed by atoms with Crippen LogP contribution in [0.15, 0.2) is 66.0 Å². The molecule has 0 spiro atoms. The summed E-state index contributed by atoms with van der Waals surface area (Å²) >= 11 is 0. The molecule has 0 radical (unpaired) electrons. The summed E-state index contributed by atoms with van der Waals surface area (Å²) in [5, 5.41) is 3.40. The van der Waals surface area contributed by atoms with E-state index in [-0.39, 0.29) is 25.7 Å². The fourth-order valence-corrected chi connectivity index (χ4v) is 5.18. The molecule has 13 heteroatoms. The Hall–Kier alpha value is -4.10. The van der Waals surface area contributed by atoms with Crippen molar-refractivity contribution < 1.29 is 28.2 Å². The lowest BCUT2D eigenvalue weighted by Gasteiger charge is -2.36. The average Bonchev–Trinajstić information content (AvgIpc) is 2.95. The summed E-state index contributed by atoms with van der Waals surface area (Å²) in [7, 11) is -4.88. The van der Waals surface area contributed by atoms with E-state index < -0.39 is 26.4 Å². The minimum atomic E-state index is -4.88. The second-order valence-electron chi connectivity index (χ2n) is 9.51. The molecule has 5 heterocycles. The Bertz CT molecular complexity index is 1670. The van der Waals surface area contributed by atoms with Gasteiger partial charge in [0.25, 0.3) is 5.91 Å². The second kappa shape index (κ2) is 11.2. The summed E-state index contributed by atoms with van der Waals surface area (Å²) in [6.07, 6.45) is 3.71. The van der Waals surface area contributed by atoms with Crippen LogP contribution < -0.4 is 10.2 Å². The summed E-state index contributed by atoms with van der Waals surface area (Å²) in [6.45, 7) is 5.56. The number of aromatic nitrogens is 4. The number of fused-ring (bicyclic) bond motifs is 1. The number of sulfone groups is 1. The number of carbonyl (C=O) groups is 1. The van der Waals surface area contributed by atoms with Gasteiger partial charge in [-0.2, -0.15) is 8.78 Å². The molecule has 0 saturated carbocycles. The smallest absolute Gasteiger partial charge is 0.341 e. The van der Waals surface area contributed by atoms with Crippen molar-refractivity contribution in [3.63, 3.8) is 0 Å². The number of hydrogen-bond acceptors (Lipinski definition) is 9. The van der Waals surface area contributed by atoms with Crippen molar-refractivity contribution in [1.29, 1.82) is 0 Å². The quantitative estimate of drug-likeness (QED) is 0.352. The molecule has 1 fully saturated rings. The number of pyridine rings is 4. The van der Waals surface area contributed by atoms with Crippen molar-refractivity contribution in [2.75, 3.05) is 18.0 Å². The first-order valence-electron chi connectivity index (χ1n) is 12.5. The van der Waals surface area contributed by atoms with Crippen LogP contribution in [-0.2, 0) is 21.1 Å². The summed E-state index contributed by atoms with van der Waals surface area (Å²) in [5.41, 5.74) is 2.35. The fraction of sp³-hybridized carbons (Fsp3) is 0.296. The Morgan fingerprint density at radius 3 is 2.58 bits per heavy atom. The van der Waals surface area contributed by atoms with Gasteiger partial charge in [0, 0.05) is 38.5 Å². The lowest BCUT2D eigenvalue weighted by molar-refractivity contribution is -0.00545. The summed E-state index contributed by atoms with van der Waals surface area (Å²) < 4.78 is 55.0. The van der Waals surface area contributed by atoms with Gasteiger partial charge in [0.15, 0.2) is 0 Å². The molecule has 1 saturated heterocycles. The highest BCUT2D eigenvalue weighted by Gasteiger charge is 2.28. The molecule has 0 aliphatic carbocycles. The van der Waals surface area contributed by atoms with Crippen molar-refractivity contribution >= 4 is 32.5 Å². The van der Waals surface area contributed by atoms with Gasteiger partial charge in [-0.05, 0) is 50.2 Å². The summed E-state index contributed by atoms with van der Waals surface area (Å²) in [5.74, 6) is -3.45. The third-order valence-electron chi connectivity index (χ3n) is 6.34. The number of nitrogens with zero attached hydrogens (tertiary/aromatic N) is 5. The zero-order valence-corrected chi connectivity index (χ0v) is 22.5. The molecule has 10 nitrogen and oxygen atoms in total. The Morgan fingerprint density at radius 2 is 1.82 bits per heavy atom. The molecule has 1 aliphatic heterocycles. The number of alkyl halides is 2. The monoisotopic (exact) mass is 570 g/mol. The van der Waals surface area contributed by atoms with Crippen LogP contribution in [0.3, 0.4) is 0 Å². The van der Waals surface area contributed by atoms with Crippen LogP contribution in [0.25, 0.3) is 22.3 Å². The highest BCUT2D eigenvalue weighted by Crippen LogP contribution is 2.24. The van der Waals surface area contributed by atoms with Crippen molar-refractivity contribution in [3.05, 3.63) is 72.3 Å². The van der Waals surface area contributed by atoms with Gasteiger partial charge in [-0.1, -0.05) is 6.07 Å². The van der Waals surface area contributed by atoms with Crippen LogP contribution in [0.4, 0.5) is 14.6 Å². The Balaban J connectivity index is 0.00000387. The Kier molecular flexibility index (Phi) is 7.68. The van der Waals surface area contributed by atoms with E-state index >= 15 is 0 Å². The van der Waals surface area contributed by atoms with E-state index in [4.69, 9.17) is 14.7 Å². The number of morpholine rings is 1. The third-order valence-corrected chi connectivity index (χ3v) is 7.69. The molecule has 1 N–H and O–H groups in total. The number of anilines is 1. The van der Waals surface area contributed by atoms with Crippen LogP contribution in [0.5, 0.6) is 0 Å². The van der Waals surface area contributed by atoms with E-state index in [1.807, 2.05) is 44.2 Å². The molecule has 0 bridgehead atoms. The van der Waals surface area contributed by atoms with Gasteiger partial charge in [-0.25, -0.2) is 18.4 Å². The van der Waals surface area contributed by atoms with E-state index in [9.17, 15) is 22.0 Å². The summed E-state index contributed by atoms with van der Waals surface area (Å²) in [6, 6.07) is 12.2. The van der Waals surface area contributed by atoms with Crippen LogP contribution >= 0.6 is 0 Å². The molecular formula is C27H28F2N6O4S. The molecule has 4 aromatic heterocycles. The van der Waals surface area contributed by atoms with Crippen LogP contribution in [0.2, 0.25) is 0 Å². The predicted molar refractivity (Wildman–Crippen MR) is 146 cm³/mol. The van der Waals surface area contributed by atoms with Crippen LogP contribution in [0, 0.1) is 0 Å². The van der Waals surface area contributed by atoms with Crippen molar-refractivity contribution in [2.24, 2.45) is 0 Å². The van der Waals surface area contributed by atoms with Gasteiger partial charge in [0.2, 0.25) is 9.84 Å². The molecule has 0 aromatic carbocycles. The van der Waals surface area contributed by atoms with Gasteiger partial charge in [-0.15, -0.1) is 0 Å². The number of amides is 1. The highest BCUT2D eigenvalue weighted by molar-refractivity contribution is 7.91. The van der Waals surface area contributed by atoms with Gasteiger partial charge < -0.3 is 15.0 Å². The average molecular weight is 571 g/mol. The number of rotatable bonds is 7.